The smallest absolute Gasteiger partial charge is 0.215 e. The van der Waals surface area contributed by atoms with Crippen LogP contribution in [-0.4, -0.2) is 32.8 Å². The summed E-state index contributed by atoms with van der Waals surface area (Å²) in [6, 6.07) is -0.357. The third kappa shape index (κ3) is 3.78. The Kier molecular flexibility index (Phi) is 5.26. The van der Waals surface area contributed by atoms with Crippen LogP contribution in [-0.2, 0) is 10.0 Å². The van der Waals surface area contributed by atoms with Gasteiger partial charge in [0.05, 0.1) is 11.3 Å². The van der Waals surface area contributed by atoms with Crippen molar-refractivity contribution < 1.29 is 8.42 Å². The van der Waals surface area contributed by atoms with Crippen LogP contribution in [0.15, 0.2) is 0 Å². The largest absolute Gasteiger partial charge is 0.317 e. The molecule has 2 N–H and O–H groups in total. The van der Waals surface area contributed by atoms with Gasteiger partial charge in [0.1, 0.15) is 0 Å². The van der Waals surface area contributed by atoms with E-state index in [2.05, 4.69) is 16.0 Å². The summed E-state index contributed by atoms with van der Waals surface area (Å²) in [5.41, 5.74) is 0. The molecule has 1 saturated heterocycles. The highest BCUT2D eigenvalue weighted by Gasteiger charge is 2.28. The first-order valence-corrected chi connectivity index (χ1v) is 7.32. The maximum atomic E-state index is 12.0. The Bertz CT molecular complexity index is 339. The number of nitrogens with one attached hydrogen (secondary N) is 2. The van der Waals surface area contributed by atoms with Crippen LogP contribution in [0.1, 0.15) is 32.6 Å². The van der Waals surface area contributed by atoms with Crippen molar-refractivity contribution in [3.05, 3.63) is 0 Å². The first kappa shape index (κ1) is 13.5. The van der Waals surface area contributed by atoms with Gasteiger partial charge in [-0.05, 0) is 32.4 Å². The van der Waals surface area contributed by atoms with Crippen LogP contribution < -0.4 is 10.0 Å². The van der Waals surface area contributed by atoms with Crippen molar-refractivity contribution in [1.82, 2.24) is 10.0 Å². The van der Waals surface area contributed by atoms with E-state index in [1.54, 1.807) is 0 Å². The molecule has 1 rings (SSSR count). The van der Waals surface area contributed by atoms with E-state index in [0.29, 0.717) is 19.3 Å². The molecule has 0 saturated carbocycles. The van der Waals surface area contributed by atoms with Crippen LogP contribution in [0, 0.1) is 12.3 Å². The molecule has 1 unspecified atom stereocenters. The monoisotopic (exact) mass is 244 g/mol. The lowest BCUT2D eigenvalue weighted by molar-refractivity contribution is 0.484. The molecule has 1 aliphatic heterocycles. The third-order valence-corrected chi connectivity index (χ3v) is 4.77. The van der Waals surface area contributed by atoms with Gasteiger partial charge in [0, 0.05) is 0 Å². The fourth-order valence-electron chi connectivity index (χ4n) is 1.87. The first-order valence-electron chi connectivity index (χ1n) is 5.78. The Balaban J connectivity index is 2.59. The number of piperidine rings is 1. The Morgan fingerprint density at radius 1 is 1.50 bits per heavy atom. The quantitative estimate of drug-likeness (QED) is 0.691. The Hall–Kier alpha value is -0.570. The molecule has 16 heavy (non-hydrogen) atoms. The molecule has 0 bridgehead atoms. The summed E-state index contributed by atoms with van der Waals surface area (Å²) in [5.74, 6) is 2.49. The lowest BCUT2D eigenvalue weighted by atomic mass is 10.2. The highest BCUT2D eigenvalue weighted by molar-refractivity contribution is 7.90. The molecule has 1 heterocycles. The van der Waals surface area contributed by atoms with Crippen LogP contribution in [0.25, 0.3) is 0 Å². The molecule has 0 amide bonds. The molecule has 0 aromatic carbocycles. The molecule has 5 heteroatoms. The van der Waals surface area contributed by atoms with Crippen LogP contribution in [0.5, 0.6) is 0 Å². The zero-order valence-corrected chi connectivity index (χ0v) is 10.5. The molecular weight excluding hydrogens is 224 g/mol. The summed E-state index contributed by atoms with van der Waals surface area (Å²) < 4.78 is 26.6. The molecule has 4 nitrogen and oxygen atoms in total. The molecule has 0 aromatic heterocycles. The van der Waals surface area contributed by atoms with Crippen molar-refractivity contribution >= 4 is 10.0 Å². The van der Waals surface area contributed by atoms with Gasteiger partial charge in [0.25, 0.3) is 0 Å². The zero-order chi connectivity index (χ0) is 12.0. The second-order valence-corrected chi connectivity index (χ2v) is 6.11. The second kappa shape index (κ2) is 6.24. The average Bonchev–Trinajstić information content (AvgIpc) is 2.29. The van der Waals surface area contributed by atoms with Gasteiger partial charge in [0.2, 0.25) is 10.0 Å². The van der Waals surface area contributed by atoms with Crippen LogP contribution in [0.4, 0.5) is 0 Å². The van der Waals surface area contributed by atoms with Crippen molar-refractivity contribution in [2.75, 3.05) is 13.1 Å². The fourth-order valence-corrected chi connectivity index (χ4v) is 3.50. The molecule has 0 radical (unpaired) electrons. The van der Waals surface area contributed by atoms with Gasteiger partial charge in [-0.1, -0.05) is 19.3 Å². The van der Waals surface area contributed by atoms with Crippen molar-refractivity contribution in [2.45, 2.75) is 43.9 Å². The summed E-state index contributed by atoms with van der Waals surface area (Å²) in [5, 5.41) is 2.86. The van der Waals surface area contributed by atoms with Crippen molar-refractivity contribution in [3.8, 4) is 12.3 Å². The minimum atomic E-state index is -3.25. The lowest BCUT2D eigenvalue weighted by Crippen LogP contribution is -2.44. The summed E-state index contributed by atoms with van der Waals surface area (Å²) in [7, 11) is -3.25. The van der Waals surface area contributed by atoms with Gasteiger partial charge < -0.3 is 5.32 Å². The summed E-state index contributed by atoms with van der Waals surface area (Å²) in [6.07, 6.45) is 8.21. The Labute approximate surface area is 98.2 Å². The molecule has 0 aliphatic carbocycles. The minimum Gasteiger partial charge on any atom is -0.317 e. The van der Waals surface area contributed by atoms with Gasteiger partial charge in [-0.3, -0.25) is 0 Å². The van der Waals surface area contributed by atoms with Gasteiger partial charge in [-0.25, -0.2) is 13.1 Å². The topological polar surface area (TPSA) is 58.2 Å². The van der Waals surface area contributed by atoms with E-state index < -0.39 is 10.0 Å². The lowest BCUT2D eigenvalue weighted by Gasteiger charge is -2.24. The van der Waals surface area contributed by atoms with E-state index in [1.807, 2.05) is 6.92 Å². The molecule has 0 aromatic rings. The number of hydrogen-bond acceptors (Lipinski definition) is 3. The third-order valence-electron chi connectivity index (χ3n) is 2.81. The maximum absolute atomic E-state index is 12.0. The van der Waals surface area contributed by atoms with E-state index in [0.717, 1.165) is 19.5 Å². The van der Waals surface area contributed by atoms with Gasteiger partial charge in [0.15, 0.2) is 0 Å². The predicted octanol–water partition coefficient (Wildman–Crippen LogP) is 0.460. The van der Waals surface area contributed by atoms with Crippen LogP contribution in [0.2, 0.25) is 0 Å². The van der Waals surface area contributed by atoms with Gasteiger partial charge in [-0.2, -0.15) is 0 Å². The molecule has 1 atom stereocenters. The standard InChI is InChI=1S/C11H20N2O2S/c1-3-5-10(4-2)13-16(14,15)11-6-8-12-9-7-11/h2,10-13H,3,5-9H2,1H3. The summed E-state index contributed by atoms with van der Waals surface area (Å²) >= 11 is 0. The van der Waals surface area contributed by atoms with Crippen molar-refractivity contribution in [3.63, 3.8) is 0 Å². The van der Waals surface area contributed by atoms with E-state index >= 15 is 0 Å². The predicted molar refractivity (Wildman–Crippen MR) is 65.5 cm³/mol. The molecule has 1 aliphatic rings. The molecule has 1 fully saturated rings. The molecular formula is C11H20N2O2S. The average molecular weight is 244 g/mol. The Morgan fingerprint density at radius 3 is 2.62 bits per heavy atom. The van der Waals surface area contributed by atoms with Crippen LogP contribution in [0.3, 0.4) is 0 Å². The molecule has 0 spiro atoms. The minimum absolute atomic E-state index is 0.290. The van der Waals surface area contributed by atoms with E-state index in [9.17, 15) is 8.42 Å². The summed E-state index contributed by atoms with van der Waals surface area (Å²) in [6.45, 7) is 3.52. The second-order valence-electron chi connectivity index (χ2n) is 4.12. The first-order chi connectivity index (χ1) is 7.60. The number of terminal acetylenes is 1. The zero-order valence-electron chi connectivity index (χ0n) is 9.70. The number of hydrogen-bond donors (Lipinski definition) is 2. The highest BCUT2D eigenvalue weighted by Crippen LogP contribution is 2.13. The van der Waals surface area contributed by atoms with Gasteiger partial charge in [-0.15, -0.1) is 6.42 Å². The highest BCUT2D eigenvalue weighted by atomic mass is 32.2. The fraction of sp³-hybridized carbons (Fsp3) is 0.818. The number of rotatable bonds is 5. The summed E-state index contributed by atoms with van der Waals surface area (Å²) in [4.78, 5) is 0. The van der Waals surface area contributed by atoms with Crippen molar-refractivity contribution in [2.24, 2.45) is 0 Å². The maximum Gasteiger partial charge on any atom is 0.215 e. The van der Waals surface area contributed by atoms with Gasteiger partial charge >= 0.3 is 0 Å². The normalized spacial score (nSPS) is 20.2. The number of sulfonamides is 1. The molecule has 92 valence electrons. The van der Waals surface area contributed by atoms with E-state index in [4.69, 9.17) is 6.42 Å². The van der Waals surface area contributed by atoms with Crippen molar-refractivity contribution in [1.29, 1.82) is 0 Å². The van der Waals surface area contributed by atoms with E-state index in [-0.39, 0.29) is 11.3 Å². The SMILES string of the molecule is C#CC(CCC)NS(=O)(=O)C1CCNCC1. The Morgan fingerprint density at radius 2 is 2.12 bits per heavy atom. The van der Waals surface area contributed by atoms with Crippen LogP contribution >= 0.6 is 0 Å². The van der Waals surface area contributed by atoms with E-state index in [1.165, 1.54) is 0 Å².